The third-order valence-corrected chi connectivity index (χ3v) is 2.11. The minimum Gasteiger partial charge on any atom is -0.504 e. The molecule has 1 aromatic rings. The molecular weight excluding hydrogens is 200 g/mol. The van der Waals surface area contributed by atoms with E-state index in [1.165, 1.54) is 6.07 Å². The van der Waals surface area contributed by atoms with Crippen LogP contribution in [0.5, 0.6) is 11.5 Å². The summed E-state index contributed by atoms with van der Waals surface area (Å²) >= 11 is 0. The van der Waals surface area contributed by atoms with Crippen LogP contribution in [0, 0.1) is 0 Å². The van der Waals surface area contributed by atoms with Crippen LogP contribution >= 0.6 is 0 Å². The molecule has 0 fully saturated rings. The van der Waals surface area contributed by atoms with Gasteiger partial charge in [0, 0.05) is 5.56 Å². The predicted molar refractivity (Wildman–Crippen MR) is 69.0 cm³/mol. The molecule has 0 aliphatic rings. The minimum absolute atomic E-state index is 0.00926. The molecule has 1 aromatic carbocycles. The predicted octanol–water partition coefficient (Wildman–Crippen LogP) is 3.98. The van der Waals surface area contributed by atoms with Crippen molar-refractivity contribution in [1.29, 1.82) is 0 Å². The molecule has 0 aliphatic heterocycles. The van der Waals surface area contributed by atoms with E-state index in [0.717, 1.165) is 12.0 Å². The number of benzene rings is 1. The average molecular weight is 222 g/mol. The maximum absolute atomic E-state index is 9.48. The molecule has 0 radical (unpaired) electrons. The van der Waals surface area contributed by atoms with Gasteiger partial charge >= 0.3 is 0 Å². The van der Waals surface area contributed by atoms with Crippen molar-refractivity contribution in [3.8, 4) is 11.5 Å². The van der Waals surface area contributed by atoms with Crippen LogP contribution in [0.2, 0.25) is 0 Å². The summed E-state index contributed by atoms with van der Waals surface area (Å²) in [5.74, 6) is -0.0626. The van der Waals surface area contributed by atoms with Crippen LogP contribution in [-0.4, -0.2) is 10.2 Å². The highest BCUT2D eigenvalue weighted by molar-refractivity contribution is 5.47. The Labute approximate surface area is 98.3 Å². The topological polar surface area (TPSA) is 40.5 Å². The highest BCUT2D eigenvalue weighted by Crippen LogP contribution is 2.36. The molecule has 2 nitrogen and oxygen atoms in total. The fourth-order valence-electron chi connectivity index (χ4n) is 1.14. The first-order valence-corrected chi connectivity index (χ1v) is 5.46. The lowest BCUT2D eigenvalue weighted by molar-refractivity contribution is 0.389. The van der Waals surface area contributed by atoms with Crippen LogP contribution in [0.1, 0.15) is 39.7 Å². The molecule has 0 saturated heterocycles. The fourth-order valence-corrected chi connectivity index (χ4v) is 1.14. The Kier molecular flexibility index (Phi) is 5.65. The molecule has 0 atom stereocenters. The molecule has 0 unspecified atom stereocenters. The van der Waals surface area contributed by atoms with E-state index in [4.69, 9.17) is 0 Å². The molecule has 0 aromatic heterocycles. The summed E-state index contributed by atoms with van der Waals surface area (Å²) < 4.78 is 0. The number of hydrogen-bond donors (Lipinski definition) is 2. The van der Waals surface area contributed by atoms with Gasteiger partial charge in [-0.15, -0.1) is 6.58 Å². The molecule has 0 bridgehead atoms. The Morgan fingerprint density at radius 3 is 2.06 bits per heavy atom. The molecule has 2 N–H and O–H groups in total. The largest absolute Gasteiger partial charge is 0.504 e. The van der Waals surface area contributed by atoms with Gasteiger partial charge in [-0.25, -0.2) is 0 Å². The zero-order valence-electron chi connectivity index (χ0n) is 10.6. The average Bonchev–Trinajstić information content (AvgIpc) is 2.21. The standard InChI is InChI=1S/C10H14O2.C4H8/c1-10(2,3)7-5-4-6-8(11)9(7)12;1-3-4-2/h4-6,11-12H,1-3H3;3H,1,4H2,2H3. The molecule has 0 spiro atoms. The number of rotatable bonds is 1. The number of aromatic hydroxyl groups is 2. The van der Waals surface area contributed by atoms with Gasteiger partial charge < -0.3 is 10.2 Å². The lowest BCUT2D eigenvalue weighted by Crippen LogP contribution is -2.10. The summed E-state index contributed by atoms with van der Waals surface area (Å²) in [7, 11) is 0. The van der Waals surface area contributed by atoms with Gasteiger partial charge in [0.15, 0.2) is 11.5 Å². The molecule has 0 amide bonds. The van der Waals surface area contributed by atoms with Gasteiger partial charge in [-0.3, -0.25) is 0 Å². The lowest BCUT2D eigenvalue weighted by atomic mass is 9.86. The maximum Gasteiger partial charge on any atom is 0.161 e. The van der Waals surface area contributed by atoms with Gasteiger partial charge in [0.25, 0.3) is 0 Å². The second-order valence-corrected chi connectivity index (χ2v) is 4.62. The minimum atomic E-state index is -0.136. The van der Waals surface area contributed by atoms with E-state index in [9.17, 15) is 10.2 Å². The summed E-state index contributed by atoms with van der Waals surface area (Å²) in [6, 6.07) is 5.02. The highest BCUT2D eigenvalue weighted by Gasteiger charge is 2.19. The van der Waals surface area contributed by atoms with Gasteiger partial charge in [0.2, 0.25) is 0 Å². The van der Waals surface area contributed by atoms with Crippen molar-refractivity contribution < 1.29 is 10.2 Å². The van der Waals surface area contributed by atoms with Gasteiger partial charge in [0.05, 0.1) is 0 Å². The zero-order chi connectivity index (χ0) is 12.8. The Hall–Kier alpha value is -1.44. The van der Waals surface area contributed by atoms with Crippen molar-refractivity contribution in [2.45, 2.75) is 39.5 Å². The second kappa shape index (κ2) is 6.21. The van der Waals surface area contributed by atoms with Crippen molar-refractivity contribution in [2.24, 2.45) is 0 Å². The van der Waals surface area contributed by atoms with Crippen molar-refractivity contribution in [3.63, 3.8) is 0 Å². The van der Waals surface area contributed by atoms with Gasteiger partial charge in [-0.1, -0.05) is 45.9 Å². The number of para-hydroxylation sites is 1. The van der Waals surface area contributed by atoms with Crippen LogP contribution in [0.4, 0.5) is 0 Å². The van der Waals surface area contributed by atoms with E-state index >= 15 is 0 Å². The Morgan fingerprint density at radius 2 is 1.75 bits per heavy atom. The van der Waals surface area contributed by atoms with Crippen molar-refractivity contribution >= 4 is 0 Å². The van der Waals surface area contributed by atoms with Gasteiger partial charge in [0.1, 0.15) is 0 Å². The zero-order valence-corrected chi connectivity index (χ0v) is 10.6. The fraction of sp³-hybridized carbons (Fsp3) is 0.429. The second-order valence-electron chi connectivity index (χ2n) is 4.62. The van der Waals surface area contributed by atoms with Crippen LogP contribution in [0.25, 0.3) is 0 Å². The van der Waals surface area contributed by atoms with Crippen LogP contribution in [-0.2, 0) is 5.41 Å². The van der Waals surface area contributed by atoms with E-state index in [-0.39, 0.29) is 16.9 Å². The van der Waals surface area contributed by atoms with Crippen molar-refractivity contribution in [3.05, 3.63) is 36.4 Å². The first-order chi connectivity index (χ1) is 7.34. The molecule has 0 heterocycles. The van der Waals surface area contributed by atoms with E-state index < -0.39 is 0 Å². The monoisotopic (exact) mass is 222 g/mol. The summed E-state index contributed by atoms with van der Waals surface area (Å²) in [6.45, 7) is 11.5. The highest BCUT2D eigenvalue weighted by atomic mass is 16.3. The lowest BCUT2D eigenvalue weighted by Gasteiger charge is -2.20. The molecular formula is C14H22O2. The normalized spacial score (nSPS) is 10.2. The summed E-state index contributed by atoms with van der Waals surface area (Å²) in [5.41, 5.74) is 0.630. The van der Waals surface area contributed by atoms with Gasteiger partial charge in [-0.2, -0.15) is 0 Å². The number of hydrogen-bond acceptors (Lipinski definition) is 2. The van der Waals surface area contributed by atoms with E-state index in [1.807, 2.05) is 32.9 Å². The smallest absolute Gasteiger partial charge is 0.161 e. The molecule has 0 aliphatic carbocycles. The van der Waals surface area contributed by atoms with E-state index in [2.05, 4.69) is 13.5 Å². The van der Waals surface area contributed by atoms with Crippen LogP contribution in [0.15, 0.2) is 30.9 Å². The van der Waals surface area contributed by atoms with Crippen LogP contribution < -0.4 is 0 Å². The molecule has 16 heavy (non-hydrogen) atoms. The molecule has 90 valence electrons. The van der Waals surface area contributed by atoms with Crippen molar-refractivity contribution in [1.82, 2.24) is 0 Å². The van der Waals surface area contributed by atoms with E-state index in [0.29, 0.717) is 0 Å². The van der Waals surface area contributed by atoms with Crippen molar-refractivity contribution in [2.75, 3.05) is 0 Å². The Bertz CT molecular complexity index is 335. The summed E-state index contributed by atoms with van der Waals surface area (Å²) in [5, 5.41) is 18.7. The Balaban J connectivity index is 0.000000487. The first kappa shape index (κ1) is 14.6. The SMILES string of the molecule is C=CCC.CC(C)(C)c1cccc(O)c1O. The summed E-state index contributed by atoms with van der Waals surface area (Å²) in [4.78, 5) is 0. The molecule has 0 saturated carbocycles. The molecule has 2 heteroatoms. The quantitative estimate of drug-likeness (QED) is 0.557. The molecule has 1 rings (SSSR count). The third kappa shape index (κ3) is 4.39. The van der Waals surface area contributed by atoms with Gasteiger partial charge in [-0.05, 0) is 17.9 Å². The summed E-state index contributed by atoms with van der Waals surface area (Å²) in [6.07, 6.45) is 2.96. The maximum atomic E-state index is 9.48. The number of allylic oxidation sites excluding steroid dienone is 1. The van der Waals surface area contributed by atoms with Crippen LogP contribution in [0.3, 0.4) is 0 Å². The Morgan fingerprint density at radius 1 is 1.25 bits per heavy atom. The third-order valence-electron chi connectivity index (χ3n) is 2.11. The van der Waals surface area contributed by atoms with E-state index in [1.54, 1.807) is 6.07 Å². The first-order valence-electron chi connectivity index (χ1n) is 5.46. The number of phenolic OH excluding ortho intramolecular Hbond substituents is 2. The number of phenols is 2.